The molecule has 0 saturated carbocycles. The van der Waals surface area contributed by atoms with Gasteiger partial charge in [0.25, 0.3) is 0 Å². The number of hydrogen-bond acceptors (Lipinski definition) is 2. The molecule has 0 N–H and O–H groups in total. The number of rotatable bonds is 3. The van der Waals surface area contributed by atoms with Crippen LogP contribution in [-0.2, 0) is 4.74 Å². The number of ether oxygens (including phenoxy) is 2. The summed E-state index contributed by atoms with van der Waals surface area (Å²) in [5.74, 6) is 0.502. The molecular formula is C11H11F3O2. The van der Waals surface area contributed by atoms with Crippen molar-refractivity contribution in [1.29, 1.82) is 0 Å². The van der Waals surface area contributed by atoms with Gasteiger partial charge in [0.15, 0.2) is 0 Å². The van der Waals surface area contributed by atoms with E-state index in [0.717, 1.165) is 0 Å². The van der Waals surface area contributed by atoms with E-state index < -0.39 is 11.7 Å². The zero-order valence-corrected chi connectivity index (χ0v) is 8.84. The first kappa shape index (κ1) is 12.4. The topological polar surface area (TPSA) is 18.5 Å². The molecule has 0 aliphatic heterocycles. The largest absolute Gasteiger partial charge is 0.504 e. The molecule has 0 heterocycles. The summed E-state index contributed by atoms with van der Waals surface area (Å²) in [6.45, 7) is 0. The summed E-state index contributed by atoms with van der Waals surface area (Å²) in [5, 5.41) is 0. The zero-order valence-electron chi connectivity index (χ0n) is 8.84. The van der Waals surface area contributed by atoms with E-state index in [1.54, 1.807) is 0 Å². The van der Waals surface area contributed by atoms with Crippen LogP contribution in [0.5, 0.6) is 5.75 Å². The van der Waals surface area contributed by atoms with E-state index in [9.17, 15) is 13.2 Å². The van der Waals surface area contributed by atoms with Crippen LogP contribution in [0.2, 0.25) is 0 Å². The van der Waals surface area contributed by atoms with E-state index >= 15 is 0 Å². The van der Waals surface area contributed by atoms with E-state index in [2.05, 4.69) is 4.74 Å². The lowest BCUT2D eigenvalue weighted by molar-refractivity contribution is -0.0701. The SMILES string of the molecule is CO/C=C(\c1ccc(OC)cc1)C(F)(F)F. The fourth-order valence-electron chi connectivity index (χ4n) is 1.19. The van der Waals surface area contributed by atoms with Gasteiger partial charge in [0.05, 0.1) is 26.1 Å². The molecule has 0 aliphatic carbocycles. The van der Waals surface area contributed by atoms with Crippen LogP contribution in [-0.4, -0.2) is 20.4 Å². The average Bonchev–Trinajstić information content (AvgIpc) is 2.25. The lowest BCUT2D eigenvalue weighted by Crippen LogP contribution is -2.11. The molecule has 0 aromatic heterocycles. The Morgan fingerprint density at radius 3 is 2.06 bits per heavy atom. The van der Waals surface area contributed by atoms with Crippen LogP contribution in [0.15, 0.2) is 30.5 Å². The lowest BCUT2D eigenvalue weighted by atomic mass is 10.1. The van der Waals surface area contributed by atoms with Crippen molar-refractivity contribution in [2.45, 2.75) is 6.18 Å². The van der Waals surface area contributed by atoms with Gasteiger partial charge in [-0.3, -0.25) is 0 Å². The van der Waals surface area contributed by atoms with Crippen LogP contribution in [0.25, 0.3) is 5.57 Å². The van der Waals surface area contributed by atoms with Gasteiger partial charge in [0.1, 0.15) is 5.75 Å². The van der Waals surface area contributed by atoms with Crippen LogP contribution in [0.1, 0.15) is 5.56 Å². The standard InChI is InChI=1S/C11H11F3O2/c1-15-7-10(11(12,13)14)8-3-5-9(16-2)6-4-8/h3-7H,1-2H3/b10-7+. The molecule has 88 valence electrons. The van der Waals surface area contributed by atoms with Gasteiger partial charge < -0.3 is 9.47 Å². The monoisotopic (exact) mass is 232 g/mol. The van der Waals surface area contributed by atoms with Crippen molar-refractivity contribution in [3.8, 4) is 5.75 Å². The second kappa shape index (κ2) is 4.92. The van der Waals surface area contributed by atoms with Gasteiger partial charge in [-0.2, -0.15) is 13.2 Å². The second-order valence-electron chi connectivity index (χ2n) is 2.99. The first-order chi connectivity index (χ1) is 7.49. The molecule has 0 aliphatic rings. The van der Waals surface area contributed by atoms with Gasteiger partial charge in [0, 0.05) is 0 Å². The third-order valence-electron chi connectivity index (χ3n) is 1.94. The Labute approximate surface area is 91.3 Å². The summed E-state index contributed by atoms with van der Waals surface area (Å²) in [4.78, 5) is 0. The molecule has 1 aromatic rings. The Bertz CT molecular complexity index is 366. The normalized spacial score (nSPS) is 12.4. The Kier molecular flexibility index (Phi) is 3.82. The van der Waals surface area contributed by atoms with Gasteiger partial charge in [-0.15, -0.1) is 0 Å². The minimum atomic E-state index is -4.44. The summed E-state index contributed by atoms with van der Waals surface area (Å²) in [6, 6.07) is 5.59. The van der Waals surface area contributed by atoms with Crippen LogP contribution in [0.4, 0.5) is 13.2 Å². The van der Waals surface area contributed by atoms with Gasteiger partial charge in [-0.05, 0) is 17.7 Å². The molecule has 2 nitrogen and oxygen atoms in total. The van der Waals surface area contributed by atoms with Gasteiger partial charge in [-0.25, -0.2) is 0 Å². The number of hydrogen-bond donors (Lipinski definition) is 0. The van der Waals surface area contributed by atoms with Crippen molar-refractivity contribution in [2.24, 2.45) is 0 Å². The van der Waals surface area contributed by atoms with Crippen LogP contribution < -0.4 is 4.74 Å². The van der Waals surface area contributed by atoms with Gasteiger partial charge in [-0.1, -0.05) is 12.1 Å². The average molecular weight is 232 g/mol. The van der Waals surface area contributed by atoms with Crippen molar-refractivity contribution in [3.05, 3.63) is 36.1 Å². The van der Waals surface area contributed by atoms with E-state index in [-0.39, 0.29) is 5.56 Å². The van der Waals surface area contributed by atoms with E-state index in [1.807, 2.05) is 0 Å². The molecule has 0 saturated heterocycles. The predicted octanol–water partition coefficient (Wildman–Crippen LogP) is 3.24. The Balaban J connectivity index is 3.08. The lowest BCUT2D eigenvalue weighted by Gasteiger charge is -2.11. The number of alkyl halides is 3. The van der Waals surface area contributed by atoms with Crippen LogP contribution in [0, 0.1) is 0 Å². The summed E-state index contributed by atoms with van der Waals surface area (Å²) >= 11 is 0. The number of allylic oxidation sites excluding steroid dienone is 1. The molecule has 5 heteroatoms. The highest BCUT2D eigenvalue weighted by Crippen LogP contribution is 2.34. The molecule has 16 heavy (non-hydrogen) atoms. The fourth-order valence-corrected chi connectivity index (χ4v) is 1.19. The maximum Gasteiger partial charge on any atom is 0.419 e. The van der Waals surface area contributed by atoms with Crippen LogP contribution in [0.3, 0.4) is 0 Å². The summed E-state index contributed by atoms with van der Waals surface area (Å²) in [7, 11) is 2.62. The molecular weight excluding hydrogens is 221 g/mol. The Morgan fingerprint density at radius 2 is 1.69 bits per heavy atom. The van der Waals surface area contributed by atoms with E-state index in [0.29, 0.717) is 12.0 Å². The van der Waals surface area contributed by atoms with E-state index in [1.165, 1.54) is 38.5 Å². The minimum absolute atomic E-state index is 0.0372. The van der Waals surface area contributed by atoms with Crippen molar-refractivity contribution < 1.29 is 22.6 Å². The van der Waals surface area contributed by atoms with Crippen molar-refractivity contribution >= 4 is 5.57 Å². The number of methoxy groups -OCH3 is 2. The molecule has 1 aromatic carbocycles. The Morgan fingerprint density at radius 1 is 1.12 bits per heavy atom. The predicted molar refractivity (Wildman–Crippen MR) is 54.0 cm³/mol. The van der Waals surface area contributed by atoms with Crippen molar-refractivity contribution in [3.63, 3.8) is 0 Å². The molecule has 0 fully saturated rings. The van der Waals surface area contributed by atoms with Crippen molar-refractivity contribution in [2.75, 3.05) is 14.2 Å². The Hall–Kier alpha value is -1.65. The molecule has 0 amide bonds. The van der Waals surface area contributed by atoms with E-state index in [4.69, 9.17) is 4.74 Å². The van der Waals surface area contributed by atoms with Gasteiger partial charge in [0.2, 0.25) is 0 Å². The molecule has 0 unspecified atom stereocenters. The number of halogens is 3. The maximum atomic E-state index is 12.6. The molecule has 0 radical (unpaired) electrons. The molecule has 0 atom stereocenters. The molecule has 0 bridgehead atoms. The highest BCUT2D eigenvalue weighted by molar-refractivity contribution is 5.69. The summed E-state index contributed by atoms with van der Waals surface area (Å²) in [6.07, 6.45) is -3.76. The highest BCUT2D eigenvalue weighted by Gasteiger charge is 2.35. The van der Waals surface area contributed by atoms with Crippen LogP contribution >= 0.6 is 0 Å². The molecule has 1 rings (SSSR count). The highest BCUT2D eigenvalue weighted by atomic mass is 19.4. The summed E-state index contributed by atoms with van der Waals surface area (Å²) in [5.41, 5.74) is -0.784. The number of benzene rings is 1. The molecule has 0 spiro atoms. The second-order valence-corrected chi connectivity index (χ2v) is 2.99. The third-order valence-corrected chi connectivity index (χ3v) is 1.94. The third kappa shape index (κ3) is 2.92. The summed E-state index contributed by atoms with van der Waals surface area (Å²) < 4.78 is 47.1. The quantitative estimate of drug-likeness (QED) is 0.745. The zero-order chi connectivity index (χ0) is 12.2. The van der Waals surface area contributed by atoms with Gasteiger partial charge >= 0.3 is 6.18 Å². The van der Waals surface area contributed by atoms with Crippen molar-refractivity contribution in [1.82, 2.24) is 0 Å². The maximum absolute atomic E-state index is 12.6. The first-order valence-electron chi connectivity index (χ1n) is 4.43. The minimum Gasteiger partial charge on any atom is -0.504 e. The first-order valence-corrected chi connectivity index (χ1v) is 4.43. The smallest absolute Gasteiger partial charge is 0.419 e. The fraction of sp³-hybridized carbons (Fsp3) is 0.273.